The summed E-state index contributed by atoms with van der Waals surface area (Å²) in [7, 11) is 1.10. The smallest absolute Gasteiger partial charge is 0.268 e. The van der Waals surface area contributed by atoms with Crippen molar-refractivity contribution in [1.82, 2.24) is 5.32 Å². The molecule has 0 aromatic heterocycles. The number of rotatable bonds is 51. The molecular weight excluding hydrogens is 880 g/mol. The Morgan fingerprint density at radius 3 is 1.39 bits per heavy atom. The van der Waals surface area contributed by atoms with Gasteiger partial charge in [-0.15, -0.1) is 0 Å². The van der Waals surface area contributed by atoms with Crippen molar-refractivity contribution in [2.75, 3.05) is 40.9 Å². The van der Waals surface area contributed by atoms with Crippen LogP contribution < -0.4 is 10.2 Å². The van der Waals surface area contributed by atoms with E-state index < -0.39 is 32.7 Å². The molecule has 0 rings (SSSR count). The van der Waals surface area contributed by atoms with E-state index in [1.807, 2.05) is 21.1 Å². The van der Waals surface area contributed by atoms with Gasteiger partial charge >= 0.3 is 0 Å². The van der Waals surface area contributed by atoms with E-state index in [4.69, 9.17) is 9.05 Å². The molecule has 0 fully saturated rings. The number of likely N-dealkylation sites (N-methyl/N-ethyl adjacent to an activating group) is 1. The Morgan fingerprint density at radius 2 is 0.928 bits per heavy atom. The Morgan fingerprint density at radius 1 is 0.536 bits per heavy atom. The lowest BCUT2D eigenvalue weighted by molar-refractivity contribution is -0.870. The molecule has 0 bridgehead atoms. The molecule has 0 aliphatic carbocycles. The van der Waals surface area contributed by atoms with Gasteiger partial charge in [0.25, 0.3) is 7.82 Å². The molecule has 0 spiro atoms. The van der Waals surface area contributed by atoms with Crippen LogP contribution in [0.25, 0.3) is 0 Å². The van der Waals surface area contributed by atoms with Gasteiger partial charge in [-0.25, -0.2) is 0 Å². The van der Waals surface area contributed by atoms with Crippen LogP contribution in [-0.4, -0.2) is 79.8 Å². The number of aliphatic hydroxyl groups is 2. The number of nitrogens with one attached hydrogen (secondary N) is 1. The van der Waals surface area contributed by atoms with Crippen LogP contribution in [0.5, 0.6) is 0 Å². The molecule has 1 amide bonds. The van der Waals surface area contributed by atoms with E-state index in [0.717, 1.165) is 70.6 Å². The Bertz CT molecular complexity index is 1370. The highest BCUT2D eigenvalue weighted by Gasteiger charge is 2.29. The summed E-state index contributed by atoms with van der Waals surface area (Å²) in [6.07, 6.45) is 64.1. The fraction of sp³-hybridized carbons (Fsp3) is 0.780. The molecule has 0 heterocycles. The van der Waals surface area contributed by atoms with E-state index in [9.17, 15) is 24.5 Å². The van der Waals surface area contributed by atoms with Gasteiger partial charge in [-0.2, -0.15) is 0 Å². The first-order valence-electron chi connectivity index (χ1n) is 28.4. The van der Waals surface area contributed by atoms with Crippen molar-refractivity contribution in [3.05, 3.63) is 72.9 Å². The van der Waals surface area contributed by atoms with E-state index in [0.29, 0.717) is 30.3 Å². The number of quaternary nitrogens is 1. The topological polar surface area (TPSA) is 128 Å². The molecule has 0 aliphatic heterocycles. The summed E-state index contributed by atoms with van der Waals surface area (Å²) in [4.78, 5) is 25.5. The fourth-order valence-corrected chi connectivity index (χ4v) is 8.75. The summed E-state index contributed by atoms with van der Waals surface area (Å²) in [5.41, 5.74) is 0. The molecule has 0 saturated carbocycles. The van der Waals surface area contributed by atoms with E-state index >= 15 is 0 Å². The van der Waals surface area contributed by atoms with Crippen molar-refractivity contribution in [2.45, 2.75) is 257 Å². The number of carbonyl (C=O) groups is 1. The van der Waals surface area contributed by atoms with Gasteiger partial charge < -0.3 is 34.0 Å². The summed E-state index contributed by atoms with van der Waals surface area (Å²) in [5.74, 6) is -0.292. The van der Waals surface area contributed by atoms with Crippen LogP contribution in [0.4, 0.5) is 0 Å². The lowest BCUT2D eigenvalue weighted by Crippen LogP contribution is -2.51. The van der Waals surface area contributed by atoms with E-state index in [-0.39, 0.29) is 18.9 Å². The molecule has 0 saturated heterocycles. The average molecular weight is 990 g/mol. The maximum atomic E-state index is 13.0. The first-order chi connectivity index (χ1) is 33.4. The minimum Gasteiger partial charge on any atom is -0.756 e. The summed E-state index contributed by atoms with van der Waals surface area (Å²) in [6, 6.07) is -1.10. The Labute approximate surface area is 426 Å². The summed E-state index contributed by atoms with van der Waals surface area (Å²) >= 11 is 0. The Hall–Kier alpha value is -2.10. The first-order valence-corrected chi connectivity index (χ1v) is 29.8. The minimum atomic E-state index is -4.68. The quantitative estimate of drug-likeness (QED) is 0.0240. The van der Waals surface area contributed by atoms with Gasteiger partial charge in [0, 0.05) is 6.42 Å². The monoisotopic (exact) mass is 989 g/mol. The number of allylic oxidation sites excluding steroid dienone is 12. The molecular formula is C59H109N2O7P. The van der Waals surface area contributed by atoms with Crippen molar-refractivity contribution in [1.29, 1.82) is 0 Å². The molecule has 0 aliphatic rings. The van der Waals surface area contributed by atoms with Crippen LogP contribution in [-0.2, 0) is 18.4 Å². The van der Waals surface area contributed by atoms with Gasteiger partial charge in [-0.1, -0.05) is 215 Å². The fourth-order valence-electron chi connectivity index (χ4n) is 8.03. The summed E-state index contributed by atoms with van der Waals surface area (Å²) < 4.78 is 23.2. The van der Waals surface area contributed by atoms with Crippen LogP contribution in [0.15, 0.2) is 72.9 Å². The van der Waals surface area contributed by atoms with Crippen molar-refractivity contribution in [3.8, 4) is 0 Å². The standard InChI is InChI=1S/C59H109N2O7P/c1-6-8-10-12-14-16-18-20-21-22-23-24-25-26-27-28-29-30-31-32-33-34-35-36-37-38-39-40-42-44-46-48-50-52-58(63)60-56(55-68-69(65,66)67-54-53-61(3,4)5)59(64)57(62)51-49-47-45-43-41-19-17-15-13-11-9-7-2/h8,10,14-17,20-21,23-24,43,45,56-57,59,62,64H,6-7,9,11-13,18-19,22,25-42,44,46-55H2,1-5H3,(H-,60,63,65,66)/b10-8-,16-14-,17-15+,21-20-,24-23-,45-43+. The van der Waals surface area contributed by atoms with Crippen LogP contribution in [0.1, 0.15) is 239 Å². The van der Waals surface area contributed by atoms with Gasteiger partial charge in [-0.05, 0) is 89.9 Å². The number of phosphoric acid groups is 1. The van der Waals surface area contributed by atoms with Crippen LogP contribution in [0, 0.1) is 0 Å². The van der Waals surface area contributed by atoms with Gasteiger partial charge in [0.1, 0.15) is 19.3 Å². The lowest BCUT2D eigenvalue weighted by Gasteiger charge is -2.31. The summed E-state index contributed by atoms with van der Waals surface area (Å²) in [5, 5.41) is 24.7. The van der Waals surface area contributed by atoms with Crippen LogP contribution >= 0.6 is 7.82 Å². The third-order valence-corrected chi connectivity index (χ3v) is 13.5. The zero-order valence-electron chi connectivity index (χ0n) is 45.4. The second kappa shape index (κ2) is 49.5. The number of nitrogens with zero attached hydrogens (tertiary/aromatic N) is 1. The molecule has 9 nitrogen and oxygen atoms in total. The molecule has 0 aromatic carbocycles. The van der Waals surface area contributed by atoms with Crippen LogP contribution in [0.2, 0.25) is 0 Å². The molecule has 0 radical (unpaired) electrons. The number of hydrogen-bond acceptors (Lipinski definition) is 7. The number of aliphatic hydroxyl groups excluding tert-OH is 2. The lowest BCUT2D eigenvalue weighted by atomic mass is 10.0. The van der Waals surface area contributed by atoms with Gasteiger partial charge in [-0.3, -0.25) is 9.36 Å². The third kappa shape index (κ3) is 50.6. The second-order valence-electron chi connectivity index (χ2n) is 20.4. The van der Waals surface area contributed by atoms with Gasteiger partial charge in [0.2, 0.25) is 5.91 Å². The molecule has 10 heteroatoms. The Balaban J connectivity index is 4.10. The average Bonchev–Trinajstić information content (AvgIpc) is 3.31. The molecule has 402 valence electrons. The van der Waals surface area contributed by atoms with E-state index in [1.165, 1.54) is 128 Å². The number of carbonyl (C=O) groups excluding carboxylic acids is 1. The van der Waals surface area contributed by atoms with Gasteiger partial charge in [0.05, 0.1) is 39.9 Å². The highest BCUT2D eigenvalue weighted by atomic mass is 31.2. The third-order valence-electron chi connectivity index (χ3n) is 12.5. The largest absolute Gasteiger partial charge is 0.756 e. The molecule has 4 atom stereocenters. The van der Waals surface area contributed by atoms with E-state index in [1.54, 1.807) is 0 Å². The van der Waals surface area contributed by atoms with E-state index in [2.05, 4.69) is 92.1 Å². The Kier molecular flexibility index (Phi) is 48.0. The number of unbranched alkanes of at least 4 members (excludes halogenated alkanes) is 25. The summed E-state index contributed by atoms with van der Waals surface area (Å²) in [6.45, 7) is 4.27. The molecule has 3 N–H and O–H groups in total. The van der Waals surface area contributed by atoms with Gasteiger partial charge in [0.15, 0.2) is 0 Å². The predicted octanol–water partition coefficient (Wildman–Crippen LogP) is 15.4. The first kappa shape index (κ1) is 66.9. The van der Waals surface area contributed by atoms with Crippen molar-refractivity contribution in [3.63, 3.8) is 0 Å². The molecule has 4 unspecified atom stereocenters. The molecule has 0 aromatic rings. The highest BCUT2D eigenvalue weighted by molar-refractivity contribution is 7.45. The number of phosphoric ester groups is 1. The second-order valence-corrected chi connectivity index (χ2v) is 21.8. The van der Waals surface area contributed by atoms with Crippen molar-refractivity contribution >= 4 is 13.7 Å². The zero-order valence-corrected chi connectivity index (χ0v) is 46.3. The van der Waals surface area contributed by atoms with Crippen molar-refractivity contribution in [2.24, 2.45) is 0 Å². The normalized spacial score (nSPS) is 15.0. The maximum Gasteiger partial charge on any atom is 0.268 e. The maximum absolute atomic E-state index is 13.0. The highest BCUT2D eigenvalue weighted by Crippen LogP contribution is 2.38. The zero-order chi connectivity index (χ0) is 50.8. The number of hydrogen-bond donors (Lipinski definition) is 3. The molecule has 69 heavy (non-hydrogen) atoms. The predicted molar refractivity (Wildman–Crippen MR) is 294 cm³/mol. The SMILES string of the molecule is CC/C=C\C/C=C\C/C=C\C/C=C\CCCCCCCCCCCCCCCCCCCCCCC(=O)NC(COP(=O)([O-])OCC[N+](C)(C)C)C(O)C(O)CCC/C=C/CC/C=C/CCCCC. The van der Waals surface area contributed by atoms with Crippen LogP contribution in [0.3, 0.4) is 0 Å². The minimum absolute atomic E-state index is 0.0498. The van der Waals surface area contributed by atoms with Crippen molar-refractivity contribution < 1.29 is 38.0 Å². The number of amides is 1.